The number of carbonyl (C=O) groups excluding carboxylic acids is 1. The first kappa shape index (κ1) is 13.1. The third-order valence-corrected chi connectivity index (χ3v) is 3.15. The highest BCUT2D eigenvalue weighted by atomic mass is 32.1. The van der Waals surface area contributed by atoms with Crippen LogP contribution in [0.4, 0.5) is 0 Å². The summed E-state index contributed by atoms with van der Waals surface area (Å²) in [5.41, 5.74) is 5.78. The smallest absolute Gasteiger partial charge is 0.271 e. The van der Waals surface area contributed by atoms with Crippen LogP contribution < -0.4 is 11.1 Å². The fourth-order valence-electron chi connectivity index (χ4n) is 1.17. The molecule has 6 heteroatoms. The van der Waals surface area contributed by atoms with Crippen LogP contribution in [0.5, 0.6) is 0 Å². The Labute approximate surface area is 98.7 Å². The molecule has 0 saturated carbocycles. The number of nitrogens with one attached hydrogen (secondary N) is 1. The molecule has 0 aliphatic heterocycles. The lowest BCUT2D eigenvalue weighted by Gasteiger charge is -2.19. The summed E-state index contributed by atoms with van der Waals surface area (Å²) in [7, 11) is 0. The average molecular weight is 243 g/mol. The van der Waals surface area contributed by atoms with Crippen molar-refractivity contribution in [3.8, 4) is 0 Å². The van der Waals surface area contributed by atoms with Crippen LogP contribution in [0.1, 0.15) is 29.3 Å². The van der Waals surface area contributed by atoms with E-state index in [2.05, 4.69) is 10.3 Å². The zero-order valence-electron chi connectivity index (χ0n) is 9.43. The Bertz CT molecular complexity index is 352. The third-order valence-electron chi connectivity index (χ3n) is 2.28. The van der Waals surface area contributed by atoms with Gasteiger partial charge in [-0.1, -0.05) is 13.8 Å². The van der Waals surface area contributed by atoms with E-state index in [9.17, 15) is 4.79 Å². The molecule has 1 aromatic heterocycles. The maximum atomic E-state index is 11.7. The van der Waals surface area contributed by atoms with Crippen LogP contribution in [-0.2, 0) is 6.54 Å². The van der Waals surface area contributed by atoms with Crippen LogP contribution in [0.15, 0.2) is 5.38 Å². The minimum absolute atomic E-state index is 0.0721. The number of aliphatic hydroxyl groups excluding tert-OH is 1. The standard InChI is InChI=1S/C10H17N3O2S/c1-6(2)7(4-14)13-10(15)8-5-16-9(3-11)12-8/h5-7,14H,3-4,11H2,1-2H3,(H,13,15). The fourth-order valence-corrected chi connectivity index (χ4v) is 1.83. The van der Waals surface area contributed by atoms with Crippen molar-refractivity contribution < 1.29 is 9.90 Å². The molecule has 0 radical (unpaired) electrons. The molecule has 90 valence electrons. The zero-order valence-corrected chi connectivity index (χ0v) is 10.3. The van der Waals surface area contributed by atoms with Crippen molar-refractivity contribution in [2.45, 2.75) is 26.4 Å². The van der Waals surface area contributed by atoms with Gasteiger partial charge in [0.05, 0.1) is 12.6 Å². The molecule has 1 heterocycles. The van der Waals surface area contributed by atoms with E-state index in [1.807, 2.05) is 13.8 Å². The minimum atomic E-state index is -0.260. The molecular weight excluding hydrogens is 226 g/mol. The van der Waals surface area contributed by atoms with Crippen molar-refractivity contribution >= 4 is 17.2 Å². The Hall–Kier alpha value is -0.980. The van der Waals surface area contributed by atoms with Crippen molar-refractivity contribution in [2.75, 3.05) is 6.61 Å². The Balaban J connectivity index is 2.64. The van der Waals surface area contributed by atoms with Crippen LogP contribution in [0, 0.1) is 5.92 Å². The van der Waals surface area contributed by atoms with E-state index in [-0.39, 0.29) is 24.5 Å². The summed E-state index contributed by atoms with van der Waals surface area (Å²) >= 11 is 1.36. The lowest BCUT2D eigenvalue weighted by atomic mass is 10.1. The average Bonchev–Trinajstić information content (AvgIpc) is 2.73. The first-order valence-corrected chi connectivity index (χ1v) is 6.02. The molecule has 1 rings (SSSR count). The predicted molar refractivity (Wildman–Crippen MR) is 63.2 cm³/mol. The summed E-state index contributed by atoms with van der Waals surface area (Å²) in [5, 5.41) is 14.2. The van der Waals surface area contributed by atoms with Gasteiger partial charge in [-0.05, 0) is 5.92 Å². The van der Waals surface area contributed by atoms with Crippen LogP contribution in [0.2, 0.25) is 0 Å². The first-order chi connectivity index (χ1) is 7.58. The molecule has 0 bridgehead atoms. The molecule has 0 saturated heterocycles. The van der Waals surface area contributed by atoms with Gasteiger partial charge >= 0.3 is 0 Å². The van der Waals surface area contributed by atoms with E-state index < -0.39 is 0 Å². The van der Waals surface area contributed by atoms with Crippen molar-refractivity contribution in [3.05, 3.63) is 16.1 Å². The Morgan fingerprint density at radius 1 is 1.69 bits per heavy atom. The Kier molecular flexibility index (Phi) is 4.85. The van der Waals surface area contributed by atoms with Gasteiger partial charge in [0.25, 0.3) is 5.91 Å². The summed E-state index contributed by atoms with van der Waals surface area (Å²) in [5.74, 6) is -0.0785. The SMILES string of the molecule is CC(C)C(CO)NC(=O)c1csc(CN)n1. The predicted octanol–water partition coefficient (Wildman–Crippen LogP) is 0.349. The highest BCUT2D eigenvalue weighted by Gasteiger charge is 2.17. The number of amides is 1. The number of aliphatic hydroxyl groups is 1. The van der Waals surface area contributed by atoms with Gasteiger partial charge in [-0.25, -0.2) is 4.98 Å². The topological polar surface area (TPSA) is 88.2 Å². The van der Waals surface area contributed by atoms with Gasteiger partial charge in [-0.15, -0.1) is 11.3 Å². The van der Waals surface area contributed by atoms with Crippen LogP contribution in [0.25, 0.3) is 0 Å². The van der Waals surface area contributed by atoms with Crippen LogP contribution in [-0.4, -0.2) is 28.6 Å². The summed E-state index contributed by atoms with van der Waals surface area (Å²) in [6.45, 7) is 4.14. The monoisotopic (exact) mass is 243 g/mol. The number of nitrogens with zero attached hydrogens (tertiary/aromatic N) is 1. The molecule has 0 spiro atoms. The summed E-state index contributed by atoms with van der Waals surface area (Å²) in [4.78, 5) is 15.8. The van der Waals surface area contributed by atoms with Gasteiger partial charge in [0.15, 0.2) is 0 Å². The number of hydrogen-bond donors (Lipinski definition) is 3. The highest BCUT2D eigenvalue weighted by Crippen LogP contribution is 2.09. The number of carbonyl (C=O) groups is 1. The molecule has 1 aromatic rings. The second-order valence-electron chi connectivity index (χ2n) is 3.84. The quantitative estimate of drug-likeness (QED) is 0.696. The maximum absolute atomic E-state index is 11.7. The summed E-state index contributed by atoms with van der Waals surface area (Å²) < 4.78 is 0. The molecule has 1 unspecified atom stereocenters. The minimum Gasteiger partial charge on any atom is -0.394 e. The normalized spacial score (nSPS) is 12.8. The highest BCUT2D eigenvalue weighted by molar-refractivity contribution is 7.09. The molecule has 1 atom stereocenters. The van der Waals surface area contributed by atoms with Crippen molar-refractivity contribution in [1.82, 2.24) is 10.3 Å². The molecule has 0 aliphatic rings. The second-order valence-corrected chi connectivity index (χ2v) is 4.78. The number of rotatable bonds is 5. The number of hydrogen-bond acceptors (Lipinski definition) is 5. The van der Waals surface area contributed by atoms with Gasteiger partial charge in [-0.2, -0.15) is 0 Å². The lowest BCUT2D eigenvalue weighted by molar-refractivity contribution is 0.0892. The third kappa shape index (κ3) is 3.26. The largest absolute Gasteiger partial charge is 0.394 e. The number of aromatic nitrogens is 1. The van der Waals surface area contributed by atoms with Gasteiger partial charge in [0, 0.05) is 11.9 Å². The lowest BCUT2D eigenvalue weighted by Crippen LogP contribution is -2.41. The summed E-state index contributed by atoms with van der Waals surface area (Å²) in [6, 6.07) is -0.240. The number of thiazole rings is 1. The van der Waals surface area contributed by atoms with Crippen molar-refractivity contribution in [3.63, 3.8) is 0 Å². The van der Waals surface area contributed by atoms with E-state index in [0.29, 0.717) is 12.2 Å². The Morgan fingerprint density at radius 2 is 2.38 bits per heavy atom. The molecular formula is C10H17N3O2S. The number of nitrogens with two attached hydrogens (primary N) is 1. The summed E-state index contributed by atoms with van der Waals surface area (Å²) in [6.07, 6.45) is 0. The van der Waals surface area contributed by atoms with E-state index in [1.165, 1.54) is 11.3 Å². The molecule has 0 aromatic carbocycles. The van der Waals surface area contributed by atoms with Crippen molar-refractivity contribution in [1.29, 1.82) is 0 Å². The van der Waals surface area contributed by atoms with E-state index in [1.54, 1.807) is 5.38 Å². The van der Waals surface area contributed by atoms with Gasteiger partial charge in [0.1, 0.15) is 10.7 Å². The second kappa shape index (κ2) is 5.93. The molecule has 5 nitrogen and oxygen atoms in total. The van der Waals surface area contributed by atoms with Crippen LogP contribution in [0.3, 0.4) is 0 Å². The zero-order chi connectivity index (χ0) is 12.1. The van der Waals surface area contributed by atoms with E-state index >= 15 is 0 Å². The fraction of sp³-hybridized carbons (Fsp3) is 0.600. The van der Waals surface area contributed by atoms with Crippen LogP contribution >= 0.6 is 11.3 Å². The Morgan fingerprint density at radius 3 is 2.81 bits per heavy atom. The van der Waals surface area contributed by atoms with Gasteiger partial charge in [0.2, 0.25) is 0 Å². The van der Waals surface area contributed by atoms with Gasteiger partial charge < -0.3 is 16.2 Å². The van der Waals surface area contributed by atoms with E-state index in [4.69, 9.17) is 10.8 Å². The molecule has 0 fully saturated rings. The van der Waals surface area contributed by atoms with E-state index in [0.717, 1.165) is 5.01 Å². The maximum Gasteiger partial charge on any atom is 0.271 e. The molecule has 16 heavy (non-hydrogen) atoms. The molecule has 1 amide bonds. The first-order valence-electron chi connectivity index (χ1n) is 5.14. The molecule has 4 N–H and O–H groups in total. The molecule has 0 aliphatic carbocycles. The van der Waals surface area contributed by atoms with Crippen molar-refractivity contribution in [2.24, 2.45) is 11.7 Å². The van der Waals surface area contributed by atoms with Gasteiger partial charge in [-0.3, -0.25) is 4.79 Å².